The van der Waals surface area contributed by atoms with Crippen LogP contribution in [0.25, 0.3) is 5.70 Å². The summed E-state index contributed by atoms with van der Waals surface area (Å²) >= 11 is 0. The number of esters is 1. The second kappa shape index (κ2) is 9.67. The van der Waals surface area contributed by atoms with Crippen LogP contribution in [0.1, 0.15) is 80.6 Å². The standard InChI is InChI=1S/C25H30N2O5/c1-17(28)10-15-24(30)32-23-14-12-18-11-13-21-19-7-4-5-8-20(19)25(31)26(21)16-6-2-3-9-22(29)27(18)23/h4-5,7-8,13,18,23H,2-3,6,9-12,14-16H2,1H3/b21-13-/t18-,23-/m1/s1. The van der Waals surface area contributed by atoms with E-state index in [1.165, 1.54) is 6.92 Å². The van der Waals surface area contributed by atoms with Crippen LogP contribution in [0, 0.1) is 0 Å². The van der Waals surface area contributed by atoms with Crippen LogP contribution in [0.2, 0.25) is 0 Å². The lowest BCUT2D eigenvalue weighted by atomic mass is 10.0. The molecule has 32 heavy (non-hydrogen) atoms. The van der Waals surface area contributed by atoms with E-state index < -0.39 is 12.2 Å². The fraction of sp³-hybridized carbons (Fsp3) is 0.520. The second-order valence-electron chi connectivity index (χ2n) is 8.82. The lowest BCUT2D eigenvalue weighted by Crippen LogP contribution is -2.43. The number of hydrogen-bond acceptors (Lipinski definition) is 5. The van der Waals surface area contributed by atoms with Gasteiger partial charge in [-0.1, -0.05) is 30.7 Å². The highest BCUT2D eigenvalue weighted by Crippen LogP contribution is 2.36. The van der Waals surface area contributed by atoms with Gasteiger partial charge in [0.1, 0.15) is 5.78 Å². The molecule has 0 radical (unpaired) electrons. The summed E-state index contributed by atoms with van der Waals surface area (Å²) < 4.78 is 5.61. The van der Waals surface area contributed by atoms with E-state index in [4.69, 9.17) is 4.74 Å². The molecule has 3 aliphatic rings. The van der Waals surface area contributed by atoms with Crippen LogP contribution in [0.4, 0.5) is 0 Å². The predicted octanol–water partition coefficient (Wildman–Crippen LogP) is 3.68. The molecule has 0 bridgehead atoms. The van der Waals surface area contributed by atoms with Gasteiger partial charge in [0.25, 0.3) is 5.91 Å². The van der Waals surface area contributed by atoms with Crippen molar-refractivity contribution in [3.8, 4) is 0 Å². The monoisotopic (exact) mass is 438 g/mol. The Bertz CT molecular complexity index is 953. The van der Waals surface area contributed by atoms with Crippen molar-refractivity contribution in [1.29, 1.82) is 0 Å². The van der Waals surface area contributed by atoms with Crippen LogP contribution in [-0.4, -0.2) is 52.2 Å². The number of nitrogens with zero attached hydrogens (tertiary/aromatic N) is 2. The van der Waals surface area contributed by atoms with Crippen LogP contribution in [0.5, 0.6) is 0 Å². The molecule has 1 aromatic carbocycles. The Morgan fingerprint density at radius 2 is 1.81 bits per heavy atom. The number of carbonyl (C=O) groups excluding carboxylic acids is 4. The van der Waals surface area contributed by atoms with Crippen molar-refractivity contribution < 1.29 is 23.9 Å². The Morgan fingerprint density at radius 1 is 1.03 bits per heavy atom. The van der Waals surface area contributed by atoms with E-state index >= 15 is 0 Å². The number of carbonyl (C=O) groups is 4. The second-order valence-corrected chi connectivity index (χ2v) is 8.82. The number of amides is 2. The third kappa shape index (κ3) is 4.61. The molecule has 0 saturated carbocycles. The number of Topliss-reactive ketones (excluding diaryl/α,β-unsaturated/α-hetero) is 1. The minimum Gasteiger partial charge on any atom is -0.441 e. The average Bonchev–Trinajstić information content (AvgIpc) is 3.28. The van der Waals surface area contributed by atoms with Gasteiger partial charge in [-0.3, -0.25) is 14.4 Å². The van der Waals surface area contributed by atoms with Crippen molar-refractivity contribution >= 4 is 29.3 Å². The molecule has 2 amide bonds. The zero-order chi connectivity index (χ0) is 22.7. The largest absolute Gasteiger partial charge is 0.441 e. The zero-order valence-electron chi connectivity index (χ0n) is 18.5. The zero-order valence-corrected chi connectivity index (χ0v) is 18.5. The molecule has 0 aromatic heterocycles. The molecule has 3 aliphatic heterocycles. The summed E-state index contributed by atoms with van der Waals surface area (Å²) in [5.74, 6) is -0.447. The Hall–Kier alpha value is -2.96. The van der Waals surface area contributed by atoms with Gasteiger partial charge in [0.15, 0.2) is 6.23 Å². The van der Waals surface area contributed by atoms with Crippen molar-refractivity contribution in [1.82, 2.24) is 9.80 Å². The van der Waals surface area contributed by atoms with E-state index in [0.29, 0.717) is 25.8 Å². The first-order valence-electron chi connectivity index (χ1n) is 11.6. The van der Waals surface area contributed by atoms with Crippen molar-refractivity contribution in [2.45, 2.75) is 77.0 Å². The van der Waals surface area contributed by atoms with Gasteiger partial charge in [0, 0.05) is 48.7 Å². The van der Waals surface area contributed by atoms with Crippen molar-refractivity contribution in [2.75, 3.05) is 6.54 Å². The fourth-order valence-electron chi connectivity index (χ4n) is 4.88. The first-order chi connectivity index (χ1) is 15.5. The molecule has 0 aliphatic carbocycles. The first kappa shape index (κ1) is 22.2. The van der Waals surface area contributed by atoms with Crippen molar-refractivity contribution in [3.05, 3.63) is 41.5 Å². The highest BCUT2D eigenvalue weighted by Gasteiger charge is 2.39. The van der Waals surface area contributed by atoms with Gasteiger partial charge in [-0.25, -0.2) is 0 Å². The summed E-state index contributed by atoms with van der Waals surface area (Å²) in [5, 5.41) is 0. The van der Waals surface area contributed by atoms with Gasteiger partial charge in [-0.15, -0.1) is 0 Å². The summed E-state index contributed by atoms with van der Waals surface area (Å²) in [7, 11) is 0. The van der Waals surface area contributed by atoms with Gasteiger partial charge in [-0.2, -0.15) is 0 Å². The van der Waals surface area contributed by atoms with Gasteiger partial charge >= 0.3 is 5.97 Å². The predicted molar refractivity (Wildman–Crippen MR) is 118 cm³/mol. The molecule has 4 rings (SSSR count). The molecular formula is C25H30N2O5. The molecule has 0 spiro atoms. The SMILES string of the molecule is CC(=O)CCC(=O)O[C@@H]1CC[C@H]2C/C=C3/c4ccccc4C(=O)N3CCCCCC(=O)N21. The number of ketones is 1. The molecule has 7 nitrogen and oxygen atoms in total. The highest BCUT2D eigenvalue weighted by molar-refractivity contribution is 6.09. The van der Waals surface area contributed by atoms with Crippen molar-refractivity contribution in [3.63, 3.8) is 0 Å². The molecule has 170 valence electrons. The normalized spacial score (nSPS) is 25.1. The maximum absolute atomic E-state index is 13.0. The summed E-state index contributed by atoms with van der Waals surface area (Å²) in [6.07, 6.45) is 6.41. The third-order valence-electron chi connectivity index (χ3n) is 6.51. The summed E-state index contributed by atoms with van der Waals surface area (Å²) in [6, 6.07) is 7.58. The van der Waals surface area contributed by atoms with E-state index in [2.05, 4.69) is 6.08 Å². The first-order valence-corrected chi connectivity index (χ1v) is 11.6. The number of fused-ring (bicyclic) bond motifs is 4. The smallest absolute Gasteiger partial charge is 0.308 e. The maximum Gasteiger partial charge on any atom is 0.308 e. The van der Waals surface area contributed by atoms with Gasteiger partial charge in [0.05, 0.1) is 6.42 Å². The van der Waals surface area contributed by atoms with Crippen LogP contribution in [0.15, 0.2) is 30.3 Å². The third-order valence-corrected chi connectivity index (χ3v) is 6.51. The molecule has 2 atom stereocenters. The Kier molecular flexibility index (Phi) is 6.72. The molecule has 0 N–H and O–H groups in total. The average molecular weight is 439 g/mol. The van der Waals surface area contributed by atoms with Crippen LogP contribution in [-0.2, 0) is 19.1 Å². The van der Waals surface area contributed by atoms with Crippen LogP contribution >= 0.6 is 0 Å². The molecule has 1 fully saturated rings. The molecule has 7 heteroatoms. The molecular weight excluding hydrogens is 408 g/mol. The van der Waals surface area contributed by atoms with Gasteiger partial charge in [0.2, 0.25) is 5.91 Å². The summed E-state index contributed by atoms with van der Waals surface area (Å²) in [6.45, 7) is 2.10. The summed E-state index contributed by atoms with van der Waals surface area (Å²) in [5.41, 5.74) is 2.59. The summed E-state index contributed by atoms with van der Waals surface area (Å²) in [4.78, 5) is 53.0. The van der Waals surface area contributed by atoms with E-state index in [-0.39, 0.29) is 36.5 Å². The minimum atomic E-state index is -0.582. The van der Waals surface area contributed by atoms with Crippen LogP contribution < -0.4 is 0 Å². The van der Waals surface area contributed by atoms with E-state index in [1.807, 2.05) is 29.2 Å². The number of rotatable bonds is 4. The Labute approximate surface area is 188 Å². The lowest BCUT2D eigenvalue weighted by molar-refractivity contribution is -0.163. The topological polar surface area (TPSA) is 84.0 Å². The number of hydrogen-bond donors (Lipinski definition) is 0. The maximum atomic E-state index is 13.0. The molecule has 0 unspecified atom stereocenters. The Morgan fingerprint density at radius 3 is 2.59 bits per heavy atom. The number of ether oxygens (including phenoxy) is 1. The molecule has 1 aromatic rings. The van der Waals surface area contributed by atoms with E-state index in [0.717, 1.165) is 42.5 Å². The van der Waals surface area contributed by atoms with Gasteiger partial charge in [-0.05, 0) is 38.7 Å². The Balaban J connectivity index is 1.56. The van der Waals surface area contributed by atoms with E-state index in [1.54, 1.807) is 4.90 Å². The minimum absolute atomic E-state index is 0.00981. The van der Waals surface area contributed by atoms with Crippen molar-refractivity contribution in [2.24, 2.45) is 0 Å². The molecule has 1 saturated heterocycles. The van der Waals surface area contributed by atoms with E-state index in [9.17, 15) is 19.2 Å². The number of benzene rings is 1. The lowest BCUT2D eigenvalue weighted by Gasteiger charge is -2.30. The fourth-order valence-corrected chi connectivity index (χ4v) is 4.88. The highest BCUT2D eigenvalue weighted by atomic mass is 16.6. The van der Waals surface area contributed by atoms with Gasteiger partial charge < -0.3 is 19.3 Å². The quantitative estimate of drug-likeness (QED) is 0.670. The van der Waals surface area contributed by atoms with Crippen LogP contribution in [0.3, 0.4) is 0 Å². The molecule has 3 heterocycles.